The predicted molar refractivity (Wildman–Crippen MR) is 123 cm³/mol. The topological polar surface area (TPSA) is 51.9 Å². The van der Waals surface area contributed by atoms with Crippen molar-refractivity contribution in [2.75, 3.05) is 38.9 Å². The summed E-state index contributed by atoms with van der Waals surface area (Å²) in [6, 6.07) is 6.71. The van der Waals surface area contributed by atoms with E-state index in [4.69, 9.17) is 19.6 Å². The smallest absolute Gasteiger partial charge is 0.165 e. The summed E-state index contributed by atoms with van der Waals surface area (Å²) in [4.78, 5) is 7.38. The maximum atomic E-state index is 5.48. The van der Waals surface area contributed by atoms with Crippen LogP contribution in [-0.2, 0) is 15.9 Å². The molecule has 0 radical (unpaired) electrons. The molecule has 162 valence electrons. The molecule has 2 aromatic heterocycles. The van der Waals surface area contributed by atoms with Crippen LogP contribution in [0, 0.1) is 27.7 Å². The predicted octanol–water partition coefficient (Wildman–Crippen LogP) is 4.08. The molecule has 7 heteroatoms. The van der Waals surface area contributed by atoms with Crippen LogP contribution in [0.3, 0.4) is 0 Å². The average molecular weight is 431 g/mol. The van der Waals surface area contributed by atoms with Gasteiger partial charge in [-0.3, -0.25) is 0 Å². The average Bonchev–Trinajstić information content (AvgIpc) is 3.24. The molecule has 0 aliphatic carbocycles. The summed E-state index contributed by atoms with van der Waals surface area (Å²) in [5.41, 5.74) is 9.10. The number of rotatable bonds is 6. The van der Waals surface area contributed by atoms with Crippen LogP contribution in [0.1, 0.15) is 28.1 Å². The van der Waals surface area contributed by atoms with E-state index in [0.717, 1.165) is 41.4 Å². The monoisotopic (exact) mass is 430 g/mol. The third kappa shape index (κ3) is 3.68. The summed E-state index contributed by atoms with van der Waals surface area (Å²) in [5, 5.41) is 4.95. The van der Waals surface area contributed by atoms with Gasteiger partial charge in [0.1, 0.15) is 5.82 Å². The number of methoxy groups -OCH3 is 2. The Hall–Kier alpha value is -2.15. The first-order chi connectivity index (χ1) is 14.0. The Bertz CT molecular complexity index is 1060. The molecule has 1 aliphatic rings. The van der Waals surface area contributed by atoms with Crippen LogP contribution in [0.5, 0.6) is 0 Å². The molecule has 30 heavy (non-hydrogen) atoms. The molecule has 0 spiro atoms. The van der Waals surface area contributed by atoms with Crippen LogP contribution in [0.15, 0.2) is 18.2 Å². The van der Waals surface area contributed by atoms with Crippen molar-refractivity contribution in [2.45, 2.75) is 40.2 Å². The van der Waals surface area contributed by atoms with E-state index in [2.05, 4.69) is 50.8 Å². The summed E-state index contributed by atoms with van der Waals surface area (Å²) >= 11 is 0. The molecule has 6 nitrogen and oxygen atoms in total. The number of hydrogen-bond acceptors (Lipinski definition) is 5. The lowest BCUT2D eigenvalue weighted by Crippen LogP contribution is -2.41. The quantitative estimate of drug-likeness (QED) is 0.589. The highest BCUT2D eigenvalue weighted by Gasteiger charge is 2.32. The van der Waals surface area contributed by atoms with Gasteiger partial charge in [-0.05, 0) is 45.2 Å². The zero-order valence-electron chi connectivity index (χ0n) is 18.7. The number of fused-ring (bicyclic) bond motifs is 3. The van der Waals surface area contributed by atoms with Gasteiger partial charge in [-0.2, -0.15) is 9.61 Å². The fourth-order valence-corrected chi connectivity index (χ4v) is 4.59. The SMILES string of the molecule is COCC(COC)N1CCc2c(C)nc3c(-c4ccc(C)cc4C)c(C)nn3c21.Cl. The van der Waals surface area contributed by atoms with Crippen LogP contribution < -0.4 is 4.90 Å². The standard InChI is InChI=1S/C23H30N4O2.ClH/c1-14-7-8-19(15(2)11-14)21-17(4)25-27-22(21)24-16(3)20-9-10-26(23(20)27)18(12-28-5)13-29-6;/h7-8,11,18H,9-10,12-13H2,1-6H3;1H. The summed E-state index contributed by atoms with van der Waals surface area (Å²) in [6.45, 7) is 10.6. The highest BCUT2D eigenvalue weighted by atomic mass is 35.5. The molecule has 0 amide bonds. The molecule has 0 atom stereocenters. The number of anilines is 1. The zero-order valence-corrected chi connectivity index (χ0v) is 19.5. The van der Waals surface area contributed by atoms with E-state index in [0.29, 0.717) is 13.2 Å². The van der Waals surface area contributed by atoms with Gasteiger partial charge in [0.25, 0.3) is 0 Å². The third-order valence-corrected chi connectivity index (χ3v) is 5.90. The van der Waals surface area contributed by atoms with Gasteiger partial charge in [0, 0.05) is 37.6 Å². The Kier molecular flexibility index (Phi) is 6.70. The number of nitrogens with zero attached hydrogens (tertiary/aromatic N) is 4. The van der Waals surface area contributed by atoms with E-state index in [1.54, 1.807) is 14.2 Å². The lowest BCUT2D eigenvalue weighted by molar-refractivity contribution is 0.115. The Labute approximate surface area is 184 Å². The largest absolute Gasteiger partial charge is 0.382 e. The zero-order chi connectivity index (χ0) is 20.7. The number of halogens is 1. The fourth-order valence-electron chi connectivity index (χ4n) is 4.59. The van der Waals surface area contributed by atoms with Gasteiger partial charge >= 0.3 is 0 Å². The number of hydrogen-bond donors (Lipinski definition) is 0. The molecule has 4 rings (SSSR count). The molecule has 0 unspecified atom stereocenters. The van der Waals surface area contributed by atoms with E-state index >= 15 is 0 Å². The Morgan fingerprint density at radius 3 is 2.37 bits per heavy atom. The maximum absolute atomic E-state index is 5.48. The van der Waals surface area contributed by atoms with Crippen LogP contribution in [0.2, 0.25) is 0 Å². The van der Waals surface area contributed by atoms with Crippen LogP contribution in [0.25, 0.3) is 16.8 Å². The van der Waals surface area contributed by atoms with Gasteiger partial charge in [0.15, 0.2) is 5.65 Å². The van der Waals surface area contributed by atoms with Crippen molar-refractivity contribution in [1.82, 2.24) is 14.6 Å². The fraction of sp³-hybridized carbons (Fsp3) is 0.478. The molecule has 0 saturated heterocycles. The lowest BCUT2D eigenvalue weighted by Gasteiger charge is -2.29. The summed E-state index contributed by atoms with van der Waals surface area (Å²) in [7, 11) is 3.48. The molecular weight excluding hydrogens is 400 g/mol. The molecule has 1 aliphatic heterocycles. The first-order valence-corrected chi connectivity index (χ1v) is 10.2. The van der Waals surface area contributed by atoms with Gasteiger partial charge in [0.05, 0.1) is 24.9 Å². The number of aryl methyl sites for hydroxylation is 4. The Balaban J connectivity index is 0.00000256. The van der Waals surface area contributed by atoms with E-state index < -0.39 is 0 Å². The maximum Gasteiger partial charge on any atom is 0.165 e. The number of aromatic nitrogens is 3. The van der Waals surface area contributed by atoms with Gasteiger partial charge in [-0.25, -0.2) is 4.98 Å². The van der Waals surface area contributed by atoms with E-state index in [1.807, 2.05) is 4.52 Å². The van der Waals surface area contributed by atoms with Crippen molar-refractivity contribution in [2.24, 2.45) is 0 Å². The van der Waals surface area contributed by atoms with Crippen molar-refractivity contribution in [1.29, 1.82) is 0 Å². The second kappa shape index (κ2) is 8.92. The van der Waals surface area contributed by atoms with Gasteiger partial charge in [0.2, 0.25) is 0 Å². The van der Waals surface area contributed by atoms with E-state index in [1.165, 1.54) is 22.3 Å². The number of benzene rings is 1. The second-order valence-electron chi connectivity index (χ2n) is 8.02. The molecule has 1 aromatic carbocycles. The lowest BCUT2D eigenvalue weighted by atomic mass is 9.99. The van der Waals surface area contributed by atoms with Crippen molar-refractivity contribution < 1.29 is 9.47 Å². The van der Waals surface area contributed by atoms with Crippen LogP contribution >= 0.6 is 12.4 Å². The first kappa shape index (κ1) is 22.5. The molecule has 3 aromatic rings. The van der Waals surface area contributed by atoms with Crippen molar-refractivity contribution in [3.8, 4) is 11.1 Å². The van der Waals surface area contributed by atoms with Crippen molar-refractivity contribution >= 4 is 23.9 Å². The number of ether oxygens (including phenoxy) is 2. The summed E-state index contributed by atoms with van der Waals surface area (Å²) in [6.07, 6.45) is 0.964. The van der Waals surface area contributed by atoms with Crippen LogP contribution in [0.4, 0.5) is 5.82 Å². The summed E-state index contributed by atoms with van der Waals surface area (Å²) < 4.78 is 13.0. The second-order valence-corrected chi connectivity index (χ2v) is 8.02. The minimum absolute atomic E-state index is 0. The van der Waals surface area contributed by atoms with E-state index in [-0.39, 0.29) is 18.4 Å². The molecule has 0 bridgehead atoms. The third-order valence-electron chi connectivity index (χ3n) is 5.90. The molecule has 0 saturated carbocycles. The van der Waals surface area contributed by atoms with Crippen LogP contribution in [-0.4, -0.2) is 54.6 Å². The highest BCUT2D eigenvalue weighted by Crippen LogP contribution is 2.37. The summed E-state index contributed by atoms with van der Waals surface area (Å²) in [5.74, 6) is 1.13. The van der Waals surface area contributed by atoms with Gasteiger partial charge in [-0.15, -0.1) is 12.4 Å². The molecule has 0 fully saturated rings. The van der Waals surface area contributed by atoms with Gasteiger partial charge < -0.3 is 14.4 Å². The minimum atomic E-state index is 0. The minimum Gasteiger partial charge on any atom is -0.382 e. The van der Waals surface area contributed by atoms with Gasteiger partial charge in [-0.1, -0.05) is 23.8 Å². The molecule has 0 N–H and O–H groups in total. The van der Waals surface area contributed by atoms with Crippen molar-refractivity contribution in [3.63, 3.8) is 0 Å². The Morgan fingerprint density at radius 2 is 1.73 bits per heavy atom. The Morgan fingerprint density at radius 1 is 1.03 bits per heavy atom. The van der Waals surface area contributed by atoms with Crippen molar-refractivity contribution in [3.05, 3.63) is 46.3 Å². The first-order valence-electron chi connectivity index (χ1n) is 10.2. The highest BCUT2D eigenvalue weighted by molar-refractivity contribution is 5.85. The molecular formula is C23H31ClN4O2. The normalized spacial score (nSPS) is 13.2. The van der Waals surface area contributed by atoms with E-state index in [9.17, 15) is 0 Å². The molecule has 3 heterocycles.